The van der Waals surface area contributed by atoms with Crippen molar-refractivity contribution in [2.45, 2.75) is 81.1 Å². The highest BCUT2D eigenvalue weighted by Gasteiger charge is 2.60. The van der Waals surface area contributed by atoms with Crippen LogP contribution in [-0.4, -0.2) is 168 Å². The molecule has 4 bridgehead atoms. The number of fused-ring (bicyclic) bond motifs is 2. The van der Waals surface area contributed by atoms with Crippen LogP contribution in [-0.2, 0) is 26.6 Å². The number of piperazine rings is 2. The summed E-state index contributed by atoms with van der Waals surface area (Å²) in [7, 11) is 5.86. The molecule has 4 N–H and O–H groups in total. The Morgan fingerprint density at radius 1 is 0.703 bits per heavy atom. The lowest BCUT2D eigenvalue weighted by atomic mass is 9.49. The van der Waals surface area contributed by atoms with Crippen LogP contribution < -0.4 is 26.2 Å². The Hall–Kier alpha value is -6.94. The molecule has 0 radical (unpaired) electrons. The summed E-state index contributed by atoms with van der Waals surface area (Å²) in [6.07, 6.45) is 15.2. The topological polar surface area (TPSA) is 231 Å². The van der Waals surface area contributed by atoms with Crippen molar-refractivity contribution in [1.82, 2.24) is 59.1 Å². The number of amides is 3. The molecule has 8 heterocycles. The zero-order chi connectivity index (χ0) is 52.3. The van der Waals surface area contributed by atoms with Gasteiger partial charge in [-0.05, 0) is 108 Å². The van der Waals surface area contributed by atoms with Gasteiger partial charge in [-0.15, -0.1) is 0 Å². The molecule has 3 amide bonds. The molecule has 22 heteroatoms. The Kier molecular flexibility index (Phi) is 13.5. The molecule has 2 saturated heterocycles. The number of nitrogens with two attached hydrogens (primary N) is 1. The molecule has 1 unspecified atom stereocenters. The largest absolute Gasteiger partial charge is 0.444 e. The van der Waals surface area contributed by atoms with Gasteiger partial charge < -0.3 is 54.7 Å². The monoisotopic (exact) mass is 1030 g/mol. The number of hydrogen-bond donors (Lipinski definition) is 3. The summed E-state index contributed by atoms with van der Waals surface area (Å²) in [6.45, 7) is 12.4. The maximum atomic E-state index is 12.9. The van der Waals surface area contributed by atoms with Gasteiger partial charge >= 0.3 is 6.09 Å². The number of pyridine rings is 2. The number of aromatic nitrogens is 8. The highest BCUT2D eigenvalue weighted by molar-refractivity contribution is 7.84. The lowest BCUT2D eigenvalue weighted by Gasteiger charge is -2.62. The Morgan fingerprint density at radius 2 is 1.22 bits per heavy atom. The van der Waals surface area contributed by atoms with Crippen LogP contribution >= 0.6 is 0 Å². The Balaban J connectivity index is 0.000000132. The van der Waals surface area contributed by atoms with Crippen molar-refractivity contribution in [3.8, 4) is 0 Å². The van der Waals surface area contributed by atoms with E-state index in [0.29, 0.717) is 47.2 Å². The minimum Gasteiger partial charge on any atom is -0.444 e. The van der Waals surface area contributed by atoms with E-state index in [0.717, 1.165) is 123 Å². The third-order valence-electron chi connectivity index (χ3n) is 15.1. The van der Waals surface area contributed by atoms with Crippen molar-refractivity contribution in [3.05, 3.63) is 72.6 Å². The van der Waals surface area contributed by atoms with Gasteiger partial charge in [0.05, 0.1) is 34.6 Å². The second-order valence-corrected chi connectivity index (χ2v) is 23.3. The van der Waals surface area contributed by atoms with E-state index in [-0.39, 0.29) is 29.0 Å². The lowest BCUT2D eigenvalue weighted by Crippen LogP contribution is -2.60. The summed E-state index contributed by atoms with van der Waals surface area (Å²) in [5, 5.41) is 8.66. The number of ether oxygens (including phenoxy) is 1. The van der Waals surface area contributed by atoms with Gasteiger partial charge in [-0.3, -0.25) is 13.8 Å². The minimum absolute atomic E-state index is 0.00685. The molecular formula is C52H68N16O5S. The number of nitrogens with zero attached hydrogens (tertiary/aromatic N) is 13. The molecular weight excluding hydrogens is 961 g/mol. The van der Waals surface area contributed by atoms with E-state index in [2.05, 4.69) is 60.6 Å². The third kappa shape index (κ3) is 9.92. The molecule has 6 aromatic heterocycles. The molecule has 14 rings (SSSR count). The molecule has 6 aromatic rings. The Labute approximate surface area is 433 Å². The fourth-order valence-corrected chi connectivity index (χ4v) is 11.5. The van der Waals surface area contributed by atoms with Crippen LogP contribution in [0.1, 0.15) is 80.3 Å². The van der Waals surface area contributed by atoms with Crippen LogP contribution in [0.5, 0.6) is 0 Å². The van der Waals surface area contributed by atoms with Crippen molar-refractivity contribution in [2.75, 3.05) is 108 Å². The first-order valence-corrected chi connectivity index (χ1v) is 27.0. The number of anilines is 5. The van der Waals surface area contributed by atoms with Crippen LogP contribution in [0.15, 0.2) is 66.3 Å². The highest BCUT2D eigenvalue weighted by atomic mass is 32.2. The molecule has 392 valence electrons. The number of nitrogens with one attached hydrogen (secondary N) is 2. The molecule has 2 aliphatic heterocycles. The van der Waals surface area contributed by atoms with E-state index in [4.69, 9.17) is 15.5 Å². The normalized spacial score (nSPS) is 22.8. The summed E-state index contributed by atoms with van der Waals surface area (Å²) >= 11 is 0. The van der Waals surface area contributed by atoms with Crippen LogP contribution in [0.4, 0.5) is 33.8 Å². The number of carbonyl (C=O) groups excluding carboxylic acids is 3. The van der Waals surface area contributed by atoms with Gasteiger partial charge in [0, 0.05) is 121 Å². The summed E-state index contributed by atoms with van der Waals surface area (Å²) in [5.74, 6) is 3.29. The zero-order valence-electron chi connectivity index (χ0n) is 43.7. The van der Waals surface area contributed by atoms with Crippen molar-refractivity contribution in [2.24, 2.45) is 11.8 Å². The van der Waals surface area contributed by atoms with Gasteiger partial charge in [-0.1, -0.05) is 0 Å². The molecule has 21 nitrogen and oxygen atoms in total. The van der Waals surface area contributed by atoms with E-state index in [1.807, 2.05) is 51.2 Å². The minimum atomic E-state index is -1.23. The summed E-state index contributed by atoms with van der Waals surface area (Å²) in [6, 6.07) is 11.6. The molecule has 1 atom stereocenters. The highest BCUT2D eigenvalue weighted by Crippen LogP contribution is 2.64. The molecule has 0 spiro atoms. The quantitative estimate of drug-likeness (QED) is 0.156. The molecule has 6 saturated carbocycles. The fraction of sp³-hybridized carbons (Fsp3) is 0.519. The van der Waals surface area contributed by atoms with Gasteiger partial charge in [0.1, 0.15) is 39.9 Å². The predicted octanol–water partition coefficient (Wildman–Crippen LogP) is 5.29. The van der Waals surface area contributed by atoms with Crippen LogP contribution in [0, 0.1) is 11.8 Å². The average Bonchev–Trinajstić information content (AvgIpc) is 3.88. The van der Waals surface area contributed by atoms with Gasteiger partial charge in [0.15, 0.2) is 0 Å². The average molecular weight is 1030 g/mol. The van der Waals surface area contributed by atoms with Gasteiger partial charge in [0.25, 0.3) is 11.8 Å². The first-order chi connectivity index (χ1) is 35.3. The maximum Gasteiger partial charge on any atom is 0.410 e. The smallest absolute Gasteiger partial charge is 0.410 e. The van der Waals surface area contributed by atoms with Crippen molar-refractivity contribution in [1.29, 1.82) is 0 Å². The van der Waals surface area contributed by atoms with Crippen LogP contribution in [0.25, 0.3) is 22.1 Å². The van der Waals surface area contributed by atoms with E-state index in [1.54, 1.807) is 73.8 Å². The second kappa shape index (κ2) is 19.7. The van der Waals surface area contributed by atoms with E-state index in [1.165, 1.54) is 0 Å². The molecule has 8 aliphatic rings. The van der Waals surface area contributed by atoms with E-state index >= 15 is 0 Å². The van der Waals surface area contributed by atoms with Gasteiger partial charge in [-0.2, -0.15) is 4.98 Å². The molecule has 6 aliphatic carbocycles. The Morgan fingerprint density at radius 3 is 1.68 bits per heavy atom. The van der Waals surface area contributed by atoms with E-state index < -0.39 is 16.4 Å². The predicted molar refractivity (Wildman–Crippen MR) is 285 cm³/mol. The zero-order valence-corrected chi connectivity index (χ0v) is 44.5. The number of nitrogen functional groups attached to an aromatic ring is 1. The Bertz CT molecular complexity index is 3070. The second-order valence-electron chi connectivity index (χ2n) is 22.1. The first kappa shape index (κ1) is 50.6. The SMILES string of the molecule is CC(C)(C)OC(=O)N1CCN(c2ccc(N)nc2)CC1.CN(C)C(=O)c1cc2cnc(Nc3ccc(N4CCNCC4)cn3)nc2n1C12CC(C1)C2.CN(C)C(=O)c1cc2cnc(S(C)=O)nc2n1C12CC(C1)C2. The summed E-state index contributed by atoms with van der Waals surface area (Å²) in [4.78, 5) is 73.5. The first-order valence-electron chi connectivity index (χ1n) is 25.5. The lowest BCUT2D eigenvalue weighted by molar-refractivity contribution is -0.0871. The van der Waals surface area contributed by atoms with Gasteiger partial charge in [0.2, 0.25) is 11.1 Å². The molecule has 74 heavy (non-hydrogen) atoms. The summed E-state index contributed by atoms with van der Waals surface area (Å²) in [5.41, 5.74) is 10.3. The van der Waals surface area contributed by atoms with Crippen LogP contribution in [0.2, 0.25) is 0 Å². The fourth-order valence-electron chi connectivity index (χ4n) is 11.1. The van der Waals surface area contributed by atoms with Crippen molar-refractivity contribution in [3.63, 3.8) is 0 Å². The van der Waals surface area contributed by atoms with Crippen molar-refractivity contribution >= 4 is 79.7 Å². The molecule has 8 fully saturated rings. The van der Waals surface area contributed by atoms with Gasteiger partial charge in [-0.25, -0.2) is 29.7 Å². The summed E-state index contributed by atoms with van der Waals surface area (Å²) < 4.78 is 21.3. The van der Waals surface area contributed by atoms with Crippen LogP contribution in [0.3, 0.4) is 0 Å². The number of rotatable bonds is 9. The molecule has 0 aromatic carbocycles. The third-order valence-corrected chi connectivity index (χ3v) is 15.8. The van der Waals surface area contributed by atoms with Crippen molar-refractivity contribution < 1.29 is 23.3 Å². The standard InChI is InChI=1S/C23H28N8O.C15H18N4O2S.C14H22N4O2/c1-29(2)21(32)18-9-16-13-26-22(28-20(16)31(18)23-10-15(11-23)12-23)27-19-4-3-17(14-25-19)30-7-5-24-6-8-30;1-18(2)13(20)11-4-10-8-16-14(22(3)21)17-12(10)19(11)15-5-9(6-15)7-15;1-14(2,3)20-13(19)18-8-6-17(7-9-18)11-4-5-12(15)16-10-11/h3-4,9,13-15,24H,5-8,10-12H2,1-2H3,(H,25,26,27,28);4,8-9H,5-7H2,1-3H3;4-5,10H,6-9H2,1-3H3,(H2,15,16). The maximum absolute atomic E-state index is 12.9. The van der Waals surface area contributed by atoms with E-state index in [9.17, 15) is 18.6 Å². The number of carbonyl (C=O) groups is 3. The number of hydrogen-bond acceptors (Lipinski definition) is 16.